The molecule has 0 atom stereocenters. The van der Waals surface area contributed by atoms with Gasteiger partial charge in [-0.2, -0.15) is 17.5 Å². The van der Waals surface area contributed by atoms with Crippen molar-refractivity contribution in [1.29, 1.82) is 0 Å². The maximum atomic E-state index is 13.4. The second kappa shape index (κ2) is 11.6. The number of nitrogens with zero attached hydrogens (tertiary/aromatic N) is 4. The highest BCUT2D eigenvalue weighted by Crippen LogP contribution is 2.34. The van der Waals surface area contributed by atoms with Gasteiger partial charge in [-0.25, -0.2) is 18.4 Å². The van der Waals surface area contributed by atoms with E-state index in [1.807, 2.05) is 42.2 Å². The molecule has 0 saturated carbocycles. The van der Waals surface area contributed by atoms with Gasteiger partial charge in [-0.3, -0.25) is 0 Å². The van der Waals surface area contributed by atoms with Crippen molar-refractivity contribution in [2.24, 2.45) is 0 Å². The number of sulfonamides is 1. The summed E-state index contributed by atoms with van der Waals surface area (Å²) in [7, 11) is -3.91. The molecule has 0 bridgehead atoms. The Kier molecular flexibility index (Phi) is 8.29. The van der Waals surface area contributed by atoms with E-state index in [-0.39, 0.29) is 39.4 Å². The molecule has 1 aliphatic rings. The lowest BCUT2D eigenvalue weighted by atomic mass is 10.0. The zero-order valence-electron chi connectivity index (χ0n) is 21.9. The first kappa shape index (κ1) is 29.3. The summed E-state index contributed by atoms with van der Waals surface area (Å²) in [6.07, 6.45) is -4.00. The Morgan fingerprint density at radius 1 is 0.878 bits per heavy atom. The average Bonchev–Trinajstić information content (AvgIpc) is 2.95. The van der Waals surface area contributed by atoms with E-state index in [2.05, 4.69) is 4.98 Å². The average molecular weight is 622 g/mol. The normalized spacial score (nSPS) is 14.8. The van der Waals surface area contributed by atoms with Gasteiger partial charge in [0.05, 0.1) is 10.6 Å². The monoisotopic (exact) mass is 620 g/mol. The molecule has 1 saturated heterocycles. The van der Waals surface area contributed by atoms with E-state index in [1.165, 1.54) is 28.6 Å². The minimum Gasteiger partial charge on any atom is -0.354 e. The van der Waals surface area contributed by atoms with Crippen LogP contribution in [0.3, 0.4) is 0 Å². The van der Waals surface area contributed by atoms with E-state index in [9.17, 15) is 21.6 Å². The number of halogens is 5. The van der Waals surface area contributed by atoms with Crippen molar-refractivity contribution in [3.63, 3.8) is 0 Å². The minimum absolute atomic E-state index is 0.0606. The number of aromatic nitrogens is 2. The van der Waals surface area contributed by atoms with Crippen LogP contribution in [-0.4, -0.2) is 48.9 Å². The second-order valence-corrected chi connectivity index (χ2v) is 12.4. The van der Waals surface area contributed by atoms with Crippen molar-refractivity contribution < 1.29 is 21.6 Å². The molecule has 4 aromatic rings. The molecule has 12 heteroatoms. The molecule has 2 heterocycles. The number of benzene rings is 3. The van der Waals surface area contributed by atoms with Gasteiger partial charge < -0.3 is 4.90 Å². The number of alkyl halides is 3. The SMILES string of the molecule is Cc1nc(-c2cccc(C(F)(F)F)c2)nc(N2CCN(S(=O)(=O)c3cc(Cl)ccc3Cl)CC2)c1Cc1ccccc1. The zero-order valence-corrected chi connectivity index (χ0v) is 24.2. The van der Waals surface area contributed by atoms with Gasteiger partial charge in [0.2, 0.25) is 10.0 Å². The fourth-order valence-corrected chi connectivity index (χ4v) is 6.93. The smallest absolute Gasteiger partial charge is 0.354 e. The van der Waals surface area contributed by atoms with Crippen molar-refractivity contribution in [2.45, 2.75) is 24.4 Å². The number of anilines is 1. The highest BCUT2D eigenvalue weighted by Gasteiger charge is 2.33. The third-order valence-corrected chi connectivity index (χ3v) is 9.53. The van der Waals surface area contributed by atoms with Crippen LogP contribution in [0.2, 0.25) is 10.0 Å². The lowest BCUT2D eigenvalue weighted by molar-refractivity contribution is -0.137. The van der Waals surface area contributed by atoms with Crippen LogP contribution in [0.5, 0.6) is 0 Å². The summed E-state index contributed by atoms with van der Waals surface area (Å²) >= 11 is 12.2. The van der Waals surface area contributed by atoms with Crippen molar-refractivity contribution in [1.82, 2.24) is 14.3 Å². The fraction of sp³-hybridized carbons (Fsp3) is 0.241. The number of hydrogen-bond donors (Lipinski definition) is 0. The number of aryl methyl sites for hydroxylation is 1. The number of hydrogen-bond acceptors (Lipinski definition) is 5. The Bertz CT molecular complexity index is 1680. The first-order valence-corrected chi connectivity index (χ1v) is 14.9. The summed E-state index contributed by atoms with van der Waals surface area (Å²) in [4.78, 5) is 11.2. The highest BCUT2D eigenvalue weighted by atomic mass is 35.5. The molecular formula is C29H25Cl2F3N4O2S. The summed E-state index contributed by atoms with van der Waals surface area (Å²) in [5.74, 6) is 0.729. The third kappa shape index (κ3) is 6.35. The first-order valence-electron chi connectivity index (χ1n) is 12.7. The van der Waals surface area contributed by atoms with Gasteiger partial charge in [-0.1, -0.05) is 65.7 Å². The molecule has 0 spiro atoms. The molecule has 1 fully saturated rings. The van der Waals surface area contributed by atoms with Crippen LogP contribution in [-0.2, 0) is 22.6 Å². The summed E-state index contributed by atoms with van der Waals surface area (Å²) in [6, 6.07) is 18.9. The lowest BCUT2D eigenvalue weighted by Crippen LogP contribution is -2.49. The molecule has 6 nitrogen and oxygen atoms in total. The van der Waals surface area contributed by atoms with Gasteiger partial charge >= 0.3 is 6.18 Å². The Morgan fingerprint density at radius 2 is 1.59 bits per heavy atom. The van der Waals surface area contributed by atoms with E-state index < -0.39 is 21.8 Å². The van der Waals surface area contributed by atoms with Gasteiger partial charge in [0, 0.05) is 54.4 Å². The summed E-state index contributed by atoms with van der Waals surface area (Å²) < 4.78 is 68.3. The van der Waals surface area contributed by atoms with Gasteiger partial charge in [0.1, 0.15) is 10.7 Å². The highest BCUT2D eigenvalue weighted by molar-refractivity contribution is 7.89. The molecular weight excluding hydrogens is 596 g/mol. The van der Waals surface area contributed by atoms with Gasteiger partial charge in [0.15, 0.2) is 5.82 Å². The third-order valence-electron chi connectivity index (χ3n) is 6.91. The van der Waals surface area contributed by atoms with E-state index in [0.717, 1.165) is 23.3 Å². The molecule has 1 aromatic heterocycles. The molecule has 0 N–H and O–H groups in total. The van der Waals surface area contributed by atoms with E-state index in [0.29, 0.717) is 31.0 Å². The molecule has 214 valence electrons. The summed E-state index contributed by atoms with van der Waals surface area (Å²) in [6.45, 7) is 2.72. The van der Waals surface area contributed by atoms with Crippen molar-refractivity contribution in [3.8, 4) is 11.4 Å². The Morgan fingerprint density at radius 3 is 2.27 bits per heavy atom. The quantitative estimate of drug-likeness (QED) is 0.235. The standard InChI is InChI=1S/C29H25Cl2F3N4O2S/c1-19-24(16-20-6-3-2-4-7-20)28(36-27(35-19)21-8-5-9-22(17-21)29(32,33)34)37-12-14-38(15-13-37)41(39,40)26-18-23(30)10-11-25(26)31/h2-11,17-18H,12-16H2,1H3. The Hall–Kier alpha value is -3.18. The predicted molar refractivity (Wildman–Crippen MR) is 154 cm³/mol. The van der Waals surface area contributed by atoms with Crippen LogP contribution < -0.4 is 4.90 Å². The zero-order chi connectivity index (χ0) is 29.4. The predicted octanol–water partition coefficient (Wildman–Crippen LogP) is 6.88. The van der Waals surface area contributed by atoms with E-state index in [1.54, 1.807) is 6.07 Å². The molecule has 0 aliphatic carbocycles. The minimum atomic E-state index is -4.51. The molecule has 0 radical (unpaired) electrons. The van der Waals surface area contributed by atoms with Gasteiger partial charge in [-0.15, -0.1) is 0 Å². The van der Waals surface area contributed by atoms with Crippen molar-refractivity contribution in [3.05, 3.63) is 105 Å². The van der Waals surface area contributed by atoms with Gasteiger partial charge in [-0.05, 0) is 42.8 Å². The maximum Gasteiger partial charge on any atom is 0.416 e. The van der Waals surface area contributed by atoms with Crippen molar-refractivity contribution in [2.75, 3.05) is 31.1 Å². The summed E-state index contributed by atoms with van der Waals surface area (Å²) in [5.41, 5.74) is 1.93. The maximum absolute atomic E-state index is 13.4. The Labute approximate surface area is 246 Å². The fourth-order valence-electron chi connectivity index (χ4n) is 4.77. The van der Waals surface area contributed by atoms with Crippen LogP contribution in [0.25, 0.3) is 11.4 Å². The number of rotatable bonds is 6. The molecule has 0 amide bonds. The van der Waals surface area contributed by atoms with Crippen LogP contribution in [0.1, 0.15) is 22.4 Å². The molecule has 5 rings (SSSR count). The number of piperazine rings is 1. The van der Waals surface area contributed by atoms with E-state index >= 15 is 0 Å². The molecule has 0 unspecified atom stereocenters. The molecule has 41 heavy (non-hydrogen) atoms. The first-order chi connectivity index (χ1) is 19.4. The summed E-state index contributed by atoms with van der Waals surface area (Å²) in [5, 5.41) is 0.342. The van der Waals surface area contributed by atoms with Crippen LogP contribution in [0, 0.1) is 6.92 Å². The topological polar surface area (TPSA) is 66.4 Å². The van der Waals surface area contributed by atoms with Crippen LogP contribution in [0.4, 0.5) is 19.0 Å². The molecule has 3 aromatic carbocycles. The van der Waals surface area contributed by atoms with Crippen LogP contribution in [0.15, 0.2) is 77.7 Å². The van der Waals surface area contributed by atoms with Crippen molar-refractivity contribution >= 4 is 39.0 Å². The van der Waals surface area contributed by atoms with E-state index in [4.69, 9.17) is 28.2 Å². The largest absolute Gasteiger partial charge is 0.416 e. The Balaban J connectivity index is 1.50. The molecule has 1 aliphatic heterocycles. The lowest BCUT2D eigenvalue weighted by Gasteiger charge is -2.36. The second-order valence-electron chi connectivity index (χ2n) is 9.64. The van der Waals surface area contributed by atoms with Crippen LogP contribution >= 0.6 is 23.2 Å². The van der Waals surface area contributed by atoms with Gasteiger partial charge in [0.25, 0.3) is 0 Å².